The highest BCUT2D eigenvalue weighted by Crippen LogP contribution is 2.41. The van der Waals surface area contributed by atoms with Gasteiger partial charge >= 0.3 is 0 Å². The summed E-state index contributed by atoms with van der Waals surface area (Å²) in [6.07, 6.45) is 0. The van der Waals surface area contributed by atoms with Crippen LogP contribution in [0.4, 0.5) is 5.69 Å². The molecule has 0 unspecified atom stereocenters. The Hall–Kier alpha value is -2.82. The van der Waals surface area contributed by atoms with E-state index >= 15 is 0 Å². The first-order valence-electron chi connectivity index (χ1n) is 10.0. The van der Waals surface area contributed by atoms with Crippen LogP contribution < -0.4 is 4.90 Å². The van der Waals surface area contributed by atoms with Gasteiger partial charge in [-0.1, -0.05) is 66.2 Å². The van der Waals surface area contributed by atoms with Crippen LogP contribution in [0.3, 0.4) is 0 Å². The van der Waals surface area contributed by atoms with E-state index in [1.807, 2.05) is 75.4 Å². The van der Waals surface area contributed by atoms with Gasteiger partial charge in [-0.15, -0.1) is 11.8 Å². The molecule has 1 heterocycles. The third kappa shape index (κ3) is 4.18. The zero-order valence-electron chi connectivity index (χ0n) is 17.6. The minimum atomic E-state index is -0.311. The quantitative estimate of drug-likeness (QED) is 0.420. The highest BCUT2D eigenvalue weighted by Gasteiger charge is 2.40. The van der Waals surface area contributed by atoms with Gasteiger partial charge in [0, 0.05) is 10.8 Å². The maximum atomic E-state index is 13.6. The number of rotatable bonds is 5. The molecule has 0 radical (unpaired) electrons. The zero-order chi connectivity index (χ0) is 22.1. The van der Waals surface area contributed by atoms with E-state index in [4.69, 9.17) is 11.6 Å². The number of carbonyl (C=O) groups excluding carboxylic acids is 2. The van der Waals surface area contributed by atoms with Crippen LogP contribution in [0.15, 0.2) is 71.6 Å². The van der Waals surface area contributed by atoms with Gasteiger partial charge in [0.05, 0.1) is 16.2 Å². The van der Waals surface area contributed by atoms with E-state index in [0.29, 0.717) is 26.9 Å². The van der Waals surface area contributed by atoms with Gasteiger partial charge in [-0.05, 0) is 60.7 Å². The van der Waals surface area contributed by atoms with Gasteiger partial charge in [0.1, 0.15) is 0 Å². The molecule has 0 aromatic heterocycles. The van der Waals surface area contributed by atoms with E-state index in [9.17, 15) is 9.59 Å². The van der Waals surface area contributed by atoms with Crippen molar-refractivity contribution >= 4 is 46.4 Å². The zero-order valence-corrected chi connectivity index (χ0v) is 19.2. The van der Waals surface area contributed by atoms with Gasteiger partial charge < -0.3 is 0 Å². The summed E-state index contributed by atoms with van der Waals surface area (Å²) < 4.78 is 0. The van der Waals surface area contributed by atoms with E-state index < -0.39 is 0 Å². The number of hydrogen-bond acceptors (Lipinski definition) is 3. The maximum Gasteiger partial charge on any atom is 0.272 e. The van der Waals surface area contributed by atoms with Crippen LogP contribution >= 0.6 is 23.4 Å². The number of nitrogens with zero attached hydrogens (tertiary/aromatic N) is 1. The van der Waals surface area contributed by atoms with E-state index in [-0.39, 0.29) is 11.8 Å². The van der Waals surface area contributed by atoms with Crippen molar-refractivity contribution in [1.82, 2.24) is 0 Å². The van der Waals surface area contributed by atoms with Crippen LogP contribution in [-0.4, -0.2) is 11.8 Å². The lowest BCUT2D eigenvalue weighted by molar-refractivity contribution is -0.119. The first-order chi connectivity index (χ1) is 14.9. The second kappa shape index (κ2) is 8.74. The molecule has 3 aromatic rings. The Labute approximate surface area is 191 Å². The lowest BCUT2D eigenvalue weighted by Gasteiger charge is -2.18. The van der Waals surface area contributed by atoms with Crippen LogP contribution in [0.1, 0.15) is 27.8 Å². The molecule has 0 aliphatic carbocycles. The Morgan fingerprint density at radius 1 is 0.806 bits per heavy atom. The van der Waals surface area contributed by atoms with E-state index in [1.165, 1.54) is 16.7 Å². The molecule has 0 saturated carbocycles. The van der Waals surface area contributed by atoms with Crippen molar-refractivity contribution in [2.24, 2.45) is 0 Å². The minimum Gasteiger partial charge on any atom is -0.268 e. The first-order valence-corrected chi connectivity index (χ1v) is 11.4. The molecule has 0 spiro atoms. The minimum absolute atomic E-state index is 0.301. The highest BCUT2D eigenvalue weighted by molar-refractivity contribution is 8.03. The van der Waals surface area contributed by atoms with E-state index in [1.54, 1.807) is 12.1 Å². The molecule has 156 valence electrons. The smallest absolute Gasteiger partial charge is 0.268 e. The van der Waals surface area contributed by atoms with Gasteiger partial charge in [-0.3, -0.25) is 9.59 Å². The second-order valence-electron chi connectivity index (χ2n) is 7.65. The number of thioether (sulfide) groups is 1. The van der Waals surface area contributed by atoms with Crippen LogP contribution in [0.5, 0.6) is 0 Å². The molecule has 3 aromatic carbocycles. The Morgan fingerprint density at radius 2 is 1.52 bits per heavy atom. The molecule has 3 nitrogen and oxygen atoms in total. The fraction of sp³-hybridized carbons (Fsp3) is 0.154. The Kier molecular flexibility index (Phi) is 6.03. The third-order valence-corrected chi connectivity index (χ3v) is 6.86. The summed E-state index contributed by atoms with van der Waals surface area (Å²) in [5.41, 5.74) is 5.88. The molecule has 2 amide bonds. The number of aryl methyl sites for hydroxylation is 3. The van der Waals surface area contributed by atoms with E-state index in [2.05, 4.69) is 0 Å². The van der Waals surface area contributed by atoms with Crippen LogP contribution in [0.2, 0.25) is 5.02 Å². The summed E-state index contributed by atoms with van der Waals surface area (Å²) in [6.45, 7) is 5.91. The van der Waals surface area contributed by atoms with Crippen molar-refractivity contribution in [3.8, 4) is 0 Å². The van der Waals surface area contributed by atoms with Crippen molar-refractivity contribution in [2.45, 2.75) is 26.5 Å². The average molecular weight is 448 g/mol. The summed E-state index contributed by atoms with van der Waals surface area (Å²) in [4.78, 5) is 28.8. The number of benzene rings is 3. The molecule has 4 rings (SSSR count). The average Bonchev–Trinajstić information content (AvgIpc) is 3.00. The van der Waals surface area contributed by atoms with Crippen molar-refractivity contribution in [3.63, 3.8) is 0 Å². The standard InChI is InChI=1S/C26H22ClNO2S/c1-16-9-11-20(13-18(16)3)23-24(31-15-19-7-5-4-6-8-19)26(30)28(25(23)29)22-14-21(27)12-10-17(22)2/h4-14H,15H2,1-3H3. The molecule has 0 fully saturated rings. The molecule has 0 bridgehead atoms. The topological polar surface area (TPSA) is 37.4 Å². The summed E-state index contributed by atoms with van der Waals surface area (Å²) in [6, 6.07) is 21.1. The maximum absolute atomic E-state index is 13.6. The molecule has 0 saturated heterocycles. The molecule has 0 N–H and O–H groups in total. The summed E-state index contributed by atoms with van der Waals surface area (Å²) >= 11 is 7.60. The molecule has 1 aliphatic rings. The van der Waals surface area contributed by atoms with Gasteiger partial charge in [0.25, 0.3) is 11.8 Å². The highest BCUT2D eigenvalue weighted by atomic mass is 35.5. The number of carbonyl (C=O) groups is 2. The van der Waals surface area contributed by atoms with Crippen LogP contribution in [-0.2, 0) is 15.3 Å². The first kappa shape index (κ1) is 21.4. The summed E-state index contributed by atoms with van der Waals surface area (Å²) in [5.74, 6) is -0.00923. The molecule has 31 heavy (non-hydrogen) atoms. The monoisotopic (exact) mass is 447 g/mol. The van der Waals surface area contributed by atoms with E-state index in [0.717, 1.165) is 27.8 Å². The van der Waals surface area contributed by atoms with Gasteiger partial charge in [0.2, 0.25) is 0 Å². The Morgan fingerprint density at radius 3 is 2.23 bits per heavy atom. The number of hydrogen-bond donors (Lipinski definition) is 0. The van der Waals surface area contributed by atoms with Crippen molar-refractivity contribution in [3.05, 3.63) is 104 Å². The predicted octanol–water partition coefficient (Wildman–Crippen LogP) is 6.48. The number of amides is 2. The van der Waals surface area contributed by atoms with Crippen molar-refractivity contribution < 1.29 is 9.59 Å². The summed E-state index contributed by atoms with van der Waals surface area (Å²) in [5, 5.41) is 0.485. The number of halogens is 1. The Balaban J connectivity index is 1.80. The number of imide groups is 1. The van der Waals surface area contributed by atoms with Crippen LogP contribution in [0, 0.1) is 20.8 Å². The lowest BCUT2D eigenvalue weighted by atomic mass is 10.0. The normalized spacial score (nSPS) is 14.0. The van der Waals surface area contributed by atoms with Gasteiger partial charge in [-0.25, -0.2) is 4.90 Å². The van der Waals surface area contributed by atoms with Gasteiger partial charge in [0.15, 0.2) is 0 Å². The second-order valence-corrected chi connectivity index (χ2v) is 9.08. The summed E-state index contributed by atoms with van der Waals surface area (Å²) in [7, 11) is 0. The molecular weight excluding hydrogens is 426 g/mol. The molecule has 5 heteroatoms. The predicted molar refractivity (Wildman–Crippen MR) is 129 cm³/mol. The third-order valence-electron chi connectivity index (χ3n) is 5.48. The molecule has 1 aliphatic heterocycles. The fourth-order valence-electron chi connectivity index (χ4n) is 3.57. The Bertz CT molecular complexity index is 1220. The molecule has 0 atom stereocenters. The lowest BCUT2D eigenvalue weighted by Crippen LogP contribution is -2.32. The number of anilines is 1. The van der Waals surface area contributed by atoms with Gasteiger partial charge in [-0.2, -0.15) is 0 Å². The SMILES string of the molecule is Cc1ccc(C2=C(SCc3ccccc3)C(=O)N(c3cc(Cl)ccc3C)C2=O)cc1C. The largest absolute Gasteiger partial charge is 0.272 e. The van der Waals surface area contributed by atoms with Crippen molar-refractivity contribution in [1.29, 1.82) is 0 Å². The van der Waals surface area contributed by atoms with Crippen LogP contribution in [0.25, 0.3) is 5.57 Å². The fourth-order valence-corrected chi connectivity index (χ4v) is 4.80. The van der Waals surface area contributed by atoms with Crippen molar-refractivity contribution in [2.75, 3.05) is 4.90 Å². The molecular formula is C26H22ClNO2S.